The molecule has 0 aromatic heterocycles. The summed E-state index contributed by atoms with van der Waals surface area (Å²) in [6.45, 7) is 2.14. The van der Waals surface area contributed by atoms with Crippen LogP contribution in [0.5, 0.6) is 0 Å². The fourth-order valence-electron chi connectivity index (χ4n) is 3.20. The predicted octanol–water partition coefficient (Wildman–Crippen LogP) is -1.32. The zero-order chi connectivity index (χ0) is 23.1. The minimum absolute atomic E-state index is 0.198. The molecule has 1 fully saturated rings. The summed E-state index contributed by atoms with van der Waals surface area (Å²) in [6.07, 6.45) is -4.36. The van der Waals surface area contributed by atoms with Gasteiger partial charge in [0.05, 0.1) is 24.8 Å². The molecule has 1 aromatic rings. The molecule has 0 amide bonds. The maximum Gasteiger partial charge on any atom is 0.302 e. The highest BCUT2D eigenvalue weighted by Crippen LogP contribution is 2.27. The van der Waals surface area contributed by atoms with Crippen molar-refractivity contribution in [3.8, 4) is 0 Å². The van der Waals surface area contributed by atoms with Crippen LogP contribution in [-0.2, 0) is 35.0 Å². The van der Waals surface area contributed by atoms with Crippen LogP contribution in [0.3, 0.4) is 0 Å². The third kappa shape index (κ3) is 6.89. The number of carbonyl (C=O) groups is 3. The van der Waals surface area contributed by atoms with Crippen molar-refractivity contribution in [3.63, 3.8) is 0 Å². The summed E-state index contributed by atoms with van der Waals surface area (Å²) in [4.78, 5) is 35.7. The summed E-state index contributed by atoms with van der Waals surface area (Å²) in [5.74, 6) is -2.91. The lowest BCUT2D eigenvalue weighted by atomic mass is 9.92. The maximum absolute atomic E-state index is 12.4. The minimum atomic E-state index is -1.29. The van der Waals surface area contributed by atoms with E-state index in [2.05, 4.69) is 0 Å². The molecule has 1 aliphatic rings. The third-order valence-electron chi connectivity index (χ3n) is 5.11. The van der Waals surface area contributed by atoms with E-state index in [0.717, 1.165) is 5.56 Å². The molecule has 3 unspecified atom stereocenters. The first-order valence-electron chi connectivity index (χ1n) is 10.0. The van der Waals surface area contributed by atoms with E-state index in [4.69, 9.17) is 25.7 Å². The molecule has 0 bridgehead atoms. The van der Waals surface area contributed by atoms with E-state index in [0.29, 0.717) is 0 Å². The van der Waals surface area contributed by atoms with Gasteiger partial charge in [-0.1, -0.05) is 37.3 Å². The van der Waals surface area contributed by atoms with E-state index in [-0.39, 0.29) is 19.6 Å². The normalized spacial score (nSPS) is 27.9. The number of carbonyl (C=O) groups excluding carboxylic acids is 3. The van der Waals surface area contributed by atoms with Gasteiger partial charge in [0.15, 0.2) is 6.29 Å². The van der Waals surface area contributed by atoms with Crippen molar-refractivity contribution in [1.29, 1.82) is 0 Å². The van der Waals surface area contributed by atoms with Gasteiger partial charge in [-0.25, -0.2) is 0 Å². The molecule has 31 heavy (non-hydrogen) atoms. The largest absolute Gasteiger partial charge is 0.463 e. The van der Waals surface area contributed by atoms with E-state index in [1.807, 2.05) is 6.07 Å². The second kappa shape index (κ2) is 11.4. The summed E-state index contributed by atoms with van der Waals surface area (Å²) in [5, 5.41) is 20.3. The SMILES string of the molecule is CC(=O)OCC1OC(OC[C@H](N)C(=O)C(=O)[C@@H](N)Cc2ccccc2)[C@@H](C)C(O)[C@@H]1O. The summed E-state index contributed by atoms with van der Waals surface area (Å²) in [6, 6.07) is 6.73. The average molecular weight is 438 g/mol. The summed E-state index contributed by atoms with van der Waals surface area (Å²) in [5.41, 5.74) is 12.5. The number of esters is 1. The van der Waals surface area contributed by atoms with E-state index < -0.39 is 60.1 Å². The van der Waals surface area contributed by atoms with Crippen LogP contribution < -0.4 is 11.5 Å². The zero-order valence-corrected chi connectivity index (χ0v) is 17.5. The molecular formula is C21H30N2O8. The Morgan fingerprint density at radius 2 is 1.68 bits per heavy atom. The molecule has 0 spiro atoms. The summed E-state index contributed by atoms with van der Waals surface area (Å²) < 4.78 is 15.9. The van der Waals surface area contributed by atoms with Gasteiger partial charge in [-0.05, 0) is 12.0 Å². The van der Waals surface area contributed by atoms with Crippen LogP contribution in [0, 0.1) is 5.92 Å². The Morgan fingerprint density at radius 3 is 2.29 bits per heavy atom. The van der Waals surface area contributed by atoms with E-state index in [1.165, 1.54) is 6.92 Å². The molecule has 172 valence electrons. The standard InChI is InChI=1S/C21H30N2O8/c1-11-17(25)20(28)16(10-29-12(2)24)31-21(11)30-9-15(23)19(27)18(26)14(22)8-13-6-4-3-5-7-13/h3-7,11,14-17,20-21,25,28H,8-10,22-23H2,1-2H3/t11-,14-,15-,16?,17?,20+,21?/m0/s1. The first kappa shape index (κ1) is 25.1. The number of hydrogen-bond donors (Lipinski definition) is 4. The number of Topliss-reactive ketones (excluding diaryl/α,β-unsaturated/α-hetero) is 2. The first-order chi connectivity index (χ1) is 14.6. The Morgan fingerprint density at radius 1 is 1.06 bits per heavy atom. The quantitative estimate of drug-likeness (QED) is 0.254. The van der Waals surface area contributed by atoms with Gasteiger partial charge in [0.1, 0.15) is 18.8 Å². The molecule has 1 aliphatic heterocycles. The van der Waals surface area contributed by atoms with Gasteiger partial charge < -0.3 is 35.9 Å². The molecule has 1 saturated heterocycles. The van der Waals surface area contributed by atoms with Crippen molar-refractivity contribution >= 4 is 17.5 Å². The van der Waals surface area contributed by atoms with Crippen molar-refractivity contribution in [1.82, 2.24) is 0 Å². The number of rotatable bonds is 10. The van der Waals surface area contributed by atoms with Crippen molar-refractivity contribution < 1.29 is 38.8 Å². The summed E-state index contributed by atoms with van der Waals surface area (Å²) in [7, 11) is 0. The summed E-state index contributed by atoms with van der Waals surface area (Å²) >= 11 is 0. The van der Waals surface area contributed by atoms with Crippen LogP contribution in [0.2, 0.25) is 0 Å². The van der Waals surface area contributed by atoms with Crippen LogP contribution in [0.15, 0.2) is 30.3 Å². The number of ether oxygens (including phenoxy) is 3. The minimum Gasteiger partial charge on any atom is -0.463 e. The Hall–Kier alpha value is -2.21. The van der Waals surface area contributed by atoms with Crippen molar-refractivity contribution in [3.05, 3.63) is 35.9 Å². The molecule has 2 rings (SSSR count). The van der Waals surface area contributed by atoms with E-state index in [1.54, 1.807) is 31.2 Å². The average Bonchev–Trinajstić information content (AvgIpc) is 2.75. The van der Waals surface area contributed by atoms with Crippen LogP contribution in [0.25, 0.3) is 0 Å². The number of aliphatic hydroxyl groups is 2. The molecule has 0 aliphatic carbocycles. The van der Waals surface area contributed by atoms with Gasteiger partial charge in [0.2, 0.25) is 11.6 Å². The van der Waals surface area contributed by atoms with Crippen molar-refractivity contribution in [2.45, 2.75) is 57.0 Å². The molecule has 6 N–H and O–H groups in total. The number of aliphatic hydroxyl groups excluding tert-OH is 2. The topological polar surface area (TPSA) is 171 Å². The Kier molecular flexibility index (Phi) is 9.23. The second-order valence-electron chi connectivity index (χ2n) is 7.65. The van der Waals surface area contributed by atoms with Crippen molar-refractivity contribution in [2.75, 3.05) is 13.2 Å². The van der Waals surface area contributed by atoms with Gasteiger partial charge in [-0.15, -0.1) is 0 Å². The monoisotopic (exact) mass is 438 g/mol. The maximum atomic E-state index is 12.4. The lowest BCUT2D eigenvalue weighted by Crippen LogP contribution is -2.56. The lowest BCUT2D eigenvalue weighted by Gasteiger charge is -2.41. The second-order valence-corrected chi connectivity index (χ2v) is 7.65. The van der Waals surface area contributed by atoms with E-state index >= 15 is 0 Å². The smallest absolute Gasteiger partial charge is 0.302 e. The first-order valence-corrected chi connectivity index (χ1v) is 10.0. The van der Waals surface area contributed by atoms with Crippen molar-refractivity contribution in [2.24, 2.45) is 17.4 Å². The predicted molar refractivity (Wildman–Crippen MR) is 109 cm³/mol. The Balaban J connectivity index is 1.90. The molecular weight excluding hydrogens is 408 g/mol. The molecule has 7 atom stereocenters. The molecule has 1 aromatic carbocycles. The van der Waals surface area contributed by atoms with Crippen LogP contribution >= 0.6 is 0 Å². The highest BCUT2D eigenvalue weighted by Gasteiger charge is 2.43. The fourth-order valence-corrected chi connectivity index (χ4v) is 3.20. The van der Waals surface area contributed by atoms with Gasteiger partial charge in [0, 0.05) is 12.8 Å². The van der Waals surface area contributed by atoms with Gasteiger partial charge in [0.25, 0.3) is 0 Å². The van der Waals surface area contributed by atoms with Gasteiger partial charge in [-0.3, -0.25) is 14.4 Å². The molecule has 10 heteroatoms. The van der Waals surface area contributed by atoms with Crippen LogP contribution in [-0.4, -0.2) is 77.6 Å². The van der Waals surface area contributed by atoms with E-state index in [9.17, 15) is 24.6 Å². The van der Waals surface area contributed by atoms with Gasteiger partial charge >= 0.3 is 5.97 Å². The lowest BCUT2D eigenvalue weighted by molar-refractivity contribution is -0.283. The van der Waals surface area contributed by atoms with Gasteiger partial charge in [-0.2, -0.15) is 0 Å². The third-order valence-corrected chi connectivity index (χ3v) is 5.11. The molecule has 1 heterocycles. The van der Waals surface area contributed by atoms with Crippen LogP contribution in [0.1, 0.15) is 19.4 Å². The zero-order valence-electron chi connectivity index (χ0n) is 17.5. The number of nitrogens with two attached hydrogens (primary N) is 2. The van der Waals surface area contributed by atoms with Crippen LogP contribution in [0.4, 0.5) is 0 Å². The number of hydrogen-bond acceptors (Lipinski definition) is 10. The molecule has 0 saturated carbocycles. The molecule has 0 radical (unpaired) electrons. The Labute approximate surface area is 180 Å². The fraction of sp³-hybridized carbons (Fsp3) is 0.571. The number of benzene rings is 1. The Bertz CT molecular complexity index is 759. The number of ketones is 2. The molecule has 10 nitrogen and oxygen atoms in total. The highest BCUT2D eigenvalue weighted by atomic mass is 16.7. The highest BCUT2D eigenvalue weighted by molar-refractivity contribution is 6.41.